The summed E-state index contributed by atoms with van der Waals surface area (Å²) in [6, 6.07) is 16.9. The quantitative estimate of drug-likeness (QED) is 0.341. The number of pyridine rings is 1. The van der Waals surface area contributed by atoms with Gasteiger partial charge in [-0.2, -0.15) is 10.2 Å². The highest BCUT2D eigenvalue weighted by Crippen LogP contribution is 2.38. The Morgan fingerprint density at radius 3 is 2.69 bits per heavy atom. The highest BCUT2D eigenvalue weighted by atomic mass is 16.5. The maximum Gasteiger partial charge on any atom is 0.219 e. The number of nitrogens with zero attached hydrogens (tertiary/aromatic N) is 8. The molecular weight excluding hydrogens is 530 g/mol. The van der Waals surface area contributed by atoms with E-state index in [4.69, 9.17) is 15.6 Å². The molecule has 2 aliphatic heterocycles. The number of rotatable bonds is 5. The first-order valence-corrected chi connectivity index (χ1v) is 14.3. The molecule has 2 aliphatic rings. The fourth-order valence-electron chi connectivity index (χ4n) is 6.30. The van der Waals surface area contributed by atoms with Gasteiger partial charge in [-0.25, -0.2) is 9.50 Å². The van der Waals surface area contributed by atoms with E-state index in [1.165, 1.54) is 6.33 Å². The molecule has 214 valence electrons. The molecule has 2 fully saturated rings. The maximum atomic E-state index is 12.3. The Hall–Kier alpha value is -4.77. The number of amides is 1. The zero-order chi connectivity index (χ0) is 28.6. The van der Waals surface area contributed by atoms with Crippen LogP contribution in [0.1, 0.15) is 37.4 Å². The molecule has 1 amide bonds. The van der Waals surface area contributed by atoms with Crippen LogP contribution in [0.4, 0.5) is 11.5 Å². The third kappa shape index (κ3) is 4.65. The number of benzene rings is 1. The van der Waals surface area contributed by atoms with E-state index >= 15 is 0 Å². The molecule has 5 aromatic rings. The molecule has 0 radical (unpaired) electrons. The lowest BCUT2D eigenvalue weighted by Crippen LogP contribution is -2.50. The van der Waals surface area contributed by atoms with Crippen LogP contribution in [-0.2, 0) is 9.53 Å². The van der Waals surface area contributed by atoms with Crippen LogP contribution in [-0.4, -0.2) is 73.0 Å². The van der Waals surface area contributed by atoms with E-state index < -0.39 is 0 Å². The van der Waals surface area contributed by atoms with Gasteiger partial charge in [0.25, 0.3) is 0 Å². The normalized spacial score (nSPS) is 18.1. The predicted octanol–water partition coefficient (Wildman–Crippen LogP) is 4.00. The largest absolute Gasteiger partial charge is 0.382 e. The summed E-state index contributed by atoms with van der Waals surface area (Å²) in [4.78, 5) is 25.3. The summed E-state index contributed by atoms with van der Waals surface area (Å²) < 4.78 is 9.57. The Kier molecular flexibility index (Phi) is 6.79. The van der Waals surface area contributed by atoms with E-state index in [1.54, 1.807) is 13.1 Å². The van der Waals surface area contributed by atoms with Gasteiger partial charge < -0.3 is 20.3 Å². The van der Waals surface area contributed by atoms with Crippen molar-refractivity contribution in [3.05, 3.63) is 79.0 Å². The Bertz CT molecular complexity index is 1730. The van der Waals surface area contributed by atoms with Gasteiger partial charge in [0.2, 0.25) is 5.91 Å². The maximum absolute atomic E-state index is 12.3. The van der Waals surface area contributed by atoms with Crippen LogP contribution in [0.2, 0.25) is 0 Å². The lowest BCUT2D eigenvalue weighted by atomic mass is 10.0. The molecule has 42 heavy (non-hydrogen) atoms. The number of hydrogen-bond donors (Lipinski definition) is 1. The molecule has 2 N–H and O–H groups in total. The second-order valence-electron chi connectivity index (χ2n) is 10.9. The van der Waals surface area contributed by atoms with Crippen molar-refractivity contribution in [2.45, 2.75) is 31.8 Å². The first-order chi connectivity index (χ1) is 20.6. The number of aromatic nitrogens is 6. The second-order valence-corrected chi connectivity index (χ2v) is 10.9. The van der Waals surface area contributed by atoms with Gasteiger partial charge in [0.05, 0.1) is 23.5 Å². The molecule has 11 nitrogen and oxygen atoms in total. The third-order valence-electron chi connectivity index (χ3n) is 8.43. The number of carbonyl (C=O) groups is 1. The zero-order valence-corrected chi connectivity index (χ0v) is 23.5. The van der Waals surface area contributed by atoms with E-state index in [0.29, 0.717) is 25.5 Å². The summed E-state index contributed by atoms with van der Waals surface area (Å²) in [6.45, 7) is 5.06. The molecule has 7 rings (SSSR count). The van der Waals surface area contributed by atoms with Crippen molar-refractivity contribution in [1.29, 1.82) is 0 Å². The Morgan fingerprint density at radius 1 is 1.00 bits per heavy atom. The molecule has 1 aromatic carbocycles. The topological polar surface area (TPSA) is 120 Å². The van der Waals surface area contributed by atoms with Gasteiger partial charge in [0.1, 0.15) is 11.8 Å². The predicted molar refractivity (Wildman–Crippen MR) is 160 cm³/mol. The summed E-state index contributed by atoms with van der Waals surface area (Å²) in [5.74, 6) is 0.501. The van der Waals surface area contributed by atoms with E-state index in [1.807, 2.05) is 33.9 Å². The van der Waals surface area contributed by atoms with Crippen molar-refractivity contribution in [2.24, 2.45) is 0 Å². The van der Waals surface area contributed by atoms with Crippen LogP contribution in [0.5, 0.6) is 0 Å². The molecule has 0 aliphatic carbocycles. The van der Waals surface area contributed by atoms with Gasteiger partial charge >= 0.3 is 0 Å². The van der Waals surface area contributed by atoms with E-state index in [-0.39, 0.29) is 18.0 Å². The highest BCUT2D eigenvalue weighted by molar-refractivity contribution is 5.91. The number of fused-ring (bicyclic) bond motifs is 1. The number of piperazine rings is 1. The van der Waals surface area contributed by atoms with Crippen molar-refractivity contribution in [1.82, 2.24) is 34.3 Å². The molecule has 0 spiro atoms. The van der Waals surface area contributed by atoms with Gasteiger partial charge in [-0.3, -0.25) is 14.5 Å². The highest BCUT2D eigenvalue weighted by Gasteiger charge is 2.30. The monoisotopic (exact) mass is 563 g/mol. The zero-order valence-electron chi connectivity index (χ0n) is 23.5. The number of anilines is 2. The minimum absolute atomic E-state index is 0.0157. The van der Waals surface area contributed by atoms with E-state index in [9.17, 15) is 4.79 Å². The van der Waals surface area contributed by atoms with E-state index in [0.717, 1.165) is 65.3 Å². The molecule has 1 atom stereocenters. The Balaban J connectivity index is 1.31. The average Bonchev–Trinajstić information content (AvgIpc) is 3.68. The molecule has 6 heterocycles. The van der Waals surface area contributed by atoms with Crippen LogP contribution >= 0.6 is 0 Å². The molecule has 1 unspecified atom stereocenters. The lowest BCUT2D eigenvalue weighted by Gasteiger charge is -2.42. The van der Waals surface area contributed by atoms with Gasteiger partial charge in [0, 0.05) is 75.2 Å². The molecule has 4 aromatic heterocycles. The average molecular weight is 564 g/mol. The van der Waals surface area contributed by atoms with Crippen LogP contribution in [0.15, 0.2) is 73.4 Å². The van der Waals surface area contributed by atoms with Crippen LogP contribution < -0.4 is 10.6 Å². The summed E-state index contributed by atoms with van der Waals surface area (Å²) in [6.07, 6.45) is 8.82. The molecule has 2 saturated heterocycles. The van der Waals surface area contributed by atoms with Gasteiger partial charge in [-0.05, 0) is 48.7 Å². The number of ether oxygens (including phenoxy) is 1. The third-order valence-corrected chi connectivity index (χ3v) is 8.43. The fraction of sp³-hybridized carbons (Fsp3) is 0.323. The summed E-state index contributed by atoms with van der Waals surface area (Å²) in [5.41, 5.74) is 13.2. The number of nitrogen functional groups attached to an aromatic ring is 1. The summed E-state index contributed by atoms with van der Waals surface area (Å²) in [7, 11) is 0. The van der Waals surface area contributed by atoms with Gasteiger partial charge in [0.15, 0.2) is 5.82 Å². The Morgan fingerprint density at radius 2 is 1.88 bits per heavy atom. The van der Waals surface area contributed by atoms with Crippen LogP contribution in [0, 0.1) is 0 Å². The van der Waals surface area contributed by atoms with Crippen molar-refractivity contribution >= 4 is 22.9 Å². The van der Waals surface area contributed by atoms with Crippen LogP contribution in [0.25, 0.3) is 28.0 Å². The van der Waals surface area contributed by atoms with Gasteiger partial charge in [-0.1, -0.05) is 18.2 Å². The van der Waals surface area contributed by atoms with Crippen molar-refractivity contribution in [3.8, 4) is 22.5 Å². The molecule has 11 heteroatoms. The van der Waals surface area contributed by atoms with E-state index in [2.05, 4.69) is 61.0 Å². The smallest absolute Gasteiger partial charge is 0.219 e. The molecular formula is C31H33N9O2. The Labute approximate surface area is 243 Å². The van der Waals surface area contributed by atoms with Crippen molar-refractivity contribution in [2.75, 3.05) is 43.5 Å². The van der Waals surface area contributed by atoms with Crippen molar-refractivity contribution in [3.63, 3.8) is 0 Å². The van der Waals surface area contributed by atoms with Crippen molar-refractivity contribution < 1.29 is 9.53 Å². The first kappa shape index (κ1) is 26.1. The minimum Gasteiger partial charge on any atom is -0.382 e. The number of hydrogen-bond acceptors (Lipinski definition) is 8. The number of nitrogens with two attached hydrogens (primary N) is 1. The number of carbonyl (C=O) groups excluding carboxylic acids is 1. The second kappa shape index (κ2) is 10.9. The van der Waals surface area contributed by atoms with Gasteiger partial charge in [-0.15, -0.1) is 0 Å². The SMILES string of the molecule is CC(=O)N1CCN(c2cccc(-c3cc(-c4ccnn4C4CCOCC4)c4c(N)ncnn34)c2)C(c2cccnc2)C1. The van der Waals surface area contributed by atoms with Crippen LogP contribution in [0.3, 0.4) is 0 Å². The fourth-order valence-corrected chi connectivity index (χ4v) is 6.30. The lowest BCUT2D eigenvalue weighted by molar-refractivity contribution is -0.129. The standard InChI is InChI=1S/C31H33N9O2/c1-21(41)37-12-13-38(29(19-37)23-5-3-10-33-18-23)25-6-2-4-22(16-25)28-17-26(30-31(32)34-20-36-40(28)30)27-7-11-35-39(27)24-8-14-42-15-9-24/h2-7,10-11,16-18,20,24,29H,8-9,12-15,19H2,1H3,(H2,32,34,36). The minimum atomic E-state index is -0.0157. The molecule has 0 bridgehead atoms. The first-order valence-electron chi connectivity index (χ1n) is 14.3. The molecule has 0 saturated carbocycles. The summed E-state index contributed by atoms with van der Waals surface area (Å²) >= 11 is 0. The summed E-state index contributed by atoms with van der Waals surface area (Å²) in [5, 5.41) is 9.33.